The van der Waals surface area contributed by atoms with Gasteiger partial charge in [0.1, 0.15) is 17.3 Å². The predicted molar refractivity (Wildman–Crippen MR) is 85.3 cm³/mol. The van der Waals surface area contributed by atoms with Crippen LogP contribution < -0.4 is 10.1 Å². The van der Waals surface area contributed by atoms with Gasteiger partial charge < -0.3 is 15.2 Å². The van der Waals surface area contributed by atoms with Gasteiger partial charge in [-0.1, -0.05) is 20.8 Å². The van der Waals surface area contributed by atoms with Crippen LogP contribution in [0.1, 0.15) is 45.1 Å². The minimum absolute atomic E-state index is 0.0717. The number of methoxy groups -OCH3 is 1. The van der Waals surface area contributed by atoms with Crippen molar-refractivity contribution < 1.29 is 9.84 Å². The quantitative estimate of drug-likeness (QED) is 0.901. The van der Waals surface area contributed by atoms with Gasteiger partial charge in [0.25, 0.3) is 0 Å². The van der Waals surface area contributed by atoms with Crippen molar-refractivity contribution in [3.05, 3.63) is 29.6 Å². The van der Waals surface area contributed by atoms with Crippen LogP contribution in [0.15, 0.2) is 18.2 Å². The number of phenols is 1. The van der Waals surface area contributed by atoms with E-state index in [1.54, 1.807) is 19.2 Å². The van der Waals surface area contributed by atoms with Gasteiger partial charge in [-0.05, 0) is 25.1 Å². The van der Waals surface area contributed by atoms with E-state index in [4.69, 9.17) is 4.74 Å². The van der Waals surface area contributed by atoms with Crippen LogP contribution in [0.5, 0.6) is 11.5 Å². The third-order valence-electron chi connectivity index (χ3n) is 3.14. The summed E-state index contributed by atoms with van der Waals surface area (Å²) in [6.45, 7) is 8.20. The normalized spacial score (nSPS) is 13.0. The molecule has 0 spiro atoms. The molecule has 2 N–H and O–H groups in total. The van der Waals surface area contributed by atoms with Gasteiger partial charge in [0.05, 0.1) is 13.2 Å². The van der Waals surface area contributed by atoms with Gasteiger partial charge >= 0.3 is 0 Å². The first-order chi connectivity index (χ1) is 9.81. The summed E-state index contributed by atoms with van der Waals surface area (Å²) in [6.07, 6.45) is 0. The summed E-state index contributed by atoms with van der Waals surface area (Å²) in [5, 5.41) is 14.0. The van der Waals surface area contributed by atoms with Gasteiger partial charge in [0, 0.05) is 22.5 Å². The van der Waals surface area contributed by atoms with Gasteiger partial charge in [-0.25, -0.2) is 4.98 Å². The van der Waals surface area contributed by atoms with E-state index in [2.05, 4.69) is 35.4 Å². The van der Waals surface area contributed by atoms with Crippen molar-refractivity contribution in [2.45, 2.75) is 39.2 Å². The summed E-state index contributed by atoms with van der Waals surface area (Å²) in [4.78, 5) is 4.50. The molecule has 0 fully saturated rings. The molecule has 1 aromatic carbocycles. The van der Waals surface area contributed by atoms with Crippen molar-refractivity contribution in [2.75, 3.05) is 12.4 Å². The molecule has 2 rings (SSSR count). The molecule has 21 heavy (non-hydrogen) atoms. The zero-order valence-electron chi connectivity index (χ0n) is 13.0. The molecule has 0 aliphatic rings. The van der Waals surface area contributed by atoms with Crippen LogP contribution in [0.25, 0.3) is 0 Å². The van der Waals surface area contributed by atoms with Crippen LogP contribution in [0.4, 0.5) is 5.13 Å². The Labute approximate surface area is 129 Å². The highest BCUT2D eigenvalue weighted by Gasteiger charge is 2.20. The summed E-state index contributed by atoms with van der Waals surface area (Å²) >= 11 is 1.33. The van der Waals surface area contributed by atoms with Gasteiger partial charge in [-0.15, -0.1) is 0 Å². The zero-order chi connectivity index (χ0) is 15.6. The number of ether oxygens (including phenoxy) is 1. The highest BCUT2D eigenvalue weighted by Crippen LogP contribution is 2.31. The maximum atomic E-state index is 9.99. The van der Waals surface area contributed by atoms with Crippen LogP contribution in [-0.2, 0) is 5.41 Å². The van der Waals surface area contributed by atoms with E-state index in [0.717, 1.165) is 16.5 Å². The van der Waals surface area contributed by atoms with Crippen molar-refractivity contribution in [3.8, 4) is 11.5 Å². The van der Waals surface area contributed by atoms with Crippen LogP contribution in [0.2, 0.25) is 0 Å². The number of anilines is 1. The van der Waals surface area contributed by atoms with E-state index >= 15 is 0 Å². The SMILES string of the molecule is COc1ccc(O)c(C(C)Nc2nc(C(C)(C)C)ns2)c1. The summed E-state index contributed by atoms with van der Waals surface area (Å²) < 4.78 is 9.57. The van der Waals surface area contributed by atoms with E-state index in [-0.39, 0.29) is 17.2 Å². The molecule has 6 heteroatoms. The van der Waals surface area contributed by atoms with Crippen molar-refractivity contribution in [2.24, 2.45) is 0 Å². The number of hydrogen-bond donors (Lipinski definition) is 2. The van der Waals surface area contributed by atoms with Crippen LogP contribution in [-0.4, -0.2) is 21.6 Å². The molecule has 1 aromatic heterocycles. The Morgan fingerprint density at radius 3 is 2.62 bits per heavy atom. The van der Waals surface area contributed by atoms with Crippen molar-refractivity contribution >= 4 is 16.7 Å². The number of benzene rings is 1. The number of nitrogens with one attached hydrogen (secondary N) is 1. The lowest BCUT2D eigenvalue weighted by Gasteiger charge is -2.16. The standard InChI is InChI=1S/C15H21N3O2S/c1-9(11-8-10(20-5)6-7-12(11)19)16-14-17-13(18-21-14)15(2,3)4/h6-9,19H,1-5H3,(H,16,17,18). The van der Waals surface area contributed by atoms with E-state index in [0.29, 0.717) is 5.75 Å². The lowest BCUT2D eigenvalue weighted by atomic mass is 9.96. The second-order valence-corrected chi connectivity index (χ2v) is 6.72. The molecule has 0 saturated carbocycles. The molecular formula is C15H21N3O2S. The fraction of sp³-hybridized carbons (Fsp3) is 0.467. The average Bonchev–Trinajstić information content (AvgIpc) is 2.87. The van der Waals surface area contributed by atoms with Gasteiger partial charge in [0.15, 0.2) is 0 Å². The largest absolute Gasteiger partial charge is 0.508 e. The number of rotatable bonds is 4. The molecule has 1 unspecified atom stereocenters. The minimum atomic E-state index is -0.0964. The Morgan fingerprint density at radius 2 is 2.05 bits per heavy atom. The number of aromatic hydroxyl groups is 1. The molecule has 0 saturated heterocycles. The molecule has 0 bridgehead atoms. The molecule has 1 heterocycles. The molecule has 2 aromatic rings. The van der Waals surface area contributed by atoms with Crippen LogP contribution in [0, 0.1) is 0 Å². The maximum absolute atomic E-state index is 9.99. The summed E-state index contributed by atoms with van der Waals surface area (Å²) in [6, 6.07) is 5.08. The Hall–Kier alpha value is -1.82. The number of hydrogen-bond acceptors (Lipinski definition) is 6. The highest BCUT2D eigenvalue weighted by molar-refractivity contribution is 7.09. The van der Waals surface area contributed by atoms with Gasteiger partial charge in [0.2, 0.25) is 5.13 Å². The lowest BCUT2D eigenvalue weighted by molar-refractivity contribution is 0.410. The third-order valence-corrected chi connectivity index (χ3v) is 3.78. The van der Waals surface area contributed by atoms with E-state index in [1.165, 1.54) is 11.5 Å². The van der Waals surface area contributed by atoms with E-state index in [9.17, 15) is 5.11 Å². The molecule has 114 valence electrons. The first-order valence-corrected chi connectivity index (χ1v) is 7.56. The first-order valence-electron chi connectivity index (χ1n) is 6.79. The van der Waals surface area contributed by atoms with Crippen LogP contribution >= 0.6 is 11.5 Å². The molecule has 1 atom stereocenters. The maximum Gasteiger partial charge on any atom is 0.203 e. The van der Waals surface area contributed by atoms with E-state index in [1.807, 2.05) is 13.0 Å². The topological polar surface area (TPSA) is 67.3 Å². The second kappa shape index (κ2) is 5.89. The highest BCUT2D eigenvalue weighted by atomic mass is 32.1. The monoisotopic (exact) mass is 307 g/mol. The Morgan fingerprint density at radius 1 is 1.33 bits per heavy atom. The Bertz CT molecular complexity index is 620. The number of phenolic OH excluding ortho intramolecular Hbond substituents is 1. The minimum Gasteiger partial charge on any atom is -0.508 e. The smallest absolute Gasteiger partial charge is 0.203 e. The summed E-state index contributed by atoms with van der Waals surface area (Å²) in [5.41, 5.74) is 0.694. The Kier molecular flexibility index (Phi) is 4.37. The van der Waals surface area contributed by atoms with Crippen LogP contribution in [0.3, 0.4) is 0 Å². The third kappa shape index (κ3) is 3.64. The zero-order valence-corrected chi connectivity index (χ0v) is 13.8. The first kappa shape index (κ1) is 15.6. The van der Waals surface area contributed by atoms with Crippen molar-refractivity contribution in [3.63, 3.8) is 0 Å². The van der Waals surface area contributed by atoms with Crippen molar-refractivity contribution in [1.82, 2.24) is 9.36 Å². The van der Waals surface area contributed by atoms with Crippen molar-refractivity contribution in [1.29, 1.82) is 0 Å². The fourth-order valence-corrected chi connectivity index (χ4v) is 2.70. The molecule has 0 radical (unpaired) electrons. The second-order valence-electron chi connectivity index (χ2n) is 5.96. The lowest BCUT2D eigenvalue weighted by Crippen LogP contribution is -2.13. The fourth-order valence-electron chi connectivity index (χ4n) is 1.86. The molecule has 0 amide bonds. The molecular weight excluding hydrogens is 286 g/mol. The number of nitrogens with zero attached hydrogens (tertiary/aromatic N) is 2. The summed E-state index contributed by atoms with van der Waals surface area (Å²) in [7, 11) is 1.61. The Balaban J connectivity index is 2.18. The molecule has 0 aliphatic carbocycles. The molecule has 0 aliphatic heterocycles. The predicted octanol–water partition coefficient (Wildman–Crippen LogP) is 3.72. The van der Waals surface area contributed by atoms with E-state index < -0.39 is 0 Å². The van der Waals surface area contributed by atoms with Gasteiger partial charge in [-0.3, -0.25) is 0 Å². The average molecular weight is 307 g/mol. The summed E-state index contributed by atoms with van der Waals surface area (Å²) in [5.74, 6) is 1.76. The molecule has 5 nitrogen and oxygen atoms in total. The number of aromatic nitrogens is 2. The van der Waals surface area contributed by atoms with Gasteiger partial charge in [-0.2, -0.15) is 4.37 Å².